The van der Waals surface area contributed by atoms with Crippen molar-refractivity contribution in [3.05, 3.63) is 23.8 Å². The predicted molar refractivity (Wildman–Crippen MR) is 76.0 cm³/mol. The lowest BCUT2D eigenvalue weighted by atomic mass is 10.1. The number of nitrogens with zero attached hydrogens (tertiary/aromatic N) is 1. The minimum atomic E-state index is -0.0130. The van der Waals surface area contributed by atoms with Crippen molar-refractivity contribution in [3.8, 4) is 11.5 Å². The Balaban J connectivity index is 2.86. The van der Waals surface area contributed by atoms with Crippen molar-refractivity contribution >= 4 is 5.91 Å². The molecule has 0 aliphatic rings. The molecule has 19 heavy (non-hydrogen) atoms. The molecule has 1 amide bonds. The number of methoxy groups -OCH3 is 1. The van der Waals surface area contributed by atoms with Gasteiger partial charge < -0.3 is 14.4 Å². The van der Waals surface area contributed by atoms with Gasteiger partial charge in [0.1, 0.15) is 0 Å². The van der Waals surface area contributed by atoms with Gasteiger partial charge in [-0.3, -0.25) is 4.79 Å². The zero-order chi connectivity index (χ0) is 14.3. The molecule has 0 aliphatic carbocycles. The summed E-state index contributed by atoms with van der Waals surface area (Å²) in [6, 6.07) is 5.30. The summed E-state index contributed by atoms with van der Waals surface area (Å²) < 4.78 is 10.9. The highest BCUT2D eigenvalue weighted by Gasteiger charge is 2.13. The first kappa shape index (κ1) is 15.3. The smallest absolute Gasteiger partial charge is 0.253 e. The molecule has 0 heterocycles. The highest BCUT2D eigenvalue weighted by Crippen LogP contribution is 2.28. The van der Waals surface area contributed by atoms with Crippen LogP contribution in [0.1, 0.15) is 37.0 Å². The van der Waals surface area contributed by atoms with E-state index in [9.17, 15) is 4.79 Å². The normalized spacial score (nSPS) is 10.1. The van der Waals surface area contributed by atoms with Crippen molar-refractivity contribution in [2.75, 3.05) is 27.3 Å². The van der Waals surface area contributed by atoms with Gasteiger partial charge in [-0.25, -0.2) is 0 Å². The number of benzene rings is 1. The zero-order valence-corrected chi connectivity index (χ0v) is 12.2. The highest BCUT2D eigenvalue weighted by molar-refractivity contribution is 5.94. The first-order chi connectivity index (χ1) is 9.13. The molecule has 1 aromatic rings. The molecule has 0 spiro atoms. The molecule has 0 unspecified atom stereocenters. The monoisotopic (exact) mass is 265 g/mol. The number of hydrogen-bond acceptors (Lipinski definition) is 3. The maximum atomic E-state index is 12.0. The summed E-state index contributed by atoms with van der Waals surface area (Å²) in [6.07, 6.45) is 2.09. The fraction of sp³-hybridized carbons (Fsp3) is 0.533. The van der Waals surface area contributed by atoms with E-state index >= 15 is 0 Å². The number of hydrogen-bond donors (Lipinski definition) is 0. The second-order valence-corrected chi connectivity index (χ2v) is 4.39. The summed E-state index contributed by atoms with van der Waals surface area (Å²) in [4.78, 5) is 13.7. The molecule has 0 fully saturated rings. The van der Waals surface area contributed by atoms with Gasteiger partial charge in [-0.1, -0.05) is 13.3 Å². The molecule has 106 valence electrons. The van der Waals surface area contributed by atoms with Gasteiger partial charge >= 0.3 is 0 Å². The summed E-state index contributed by atoms with van der Waals surface area (Å²) in [6.45, 7) is 5.39. The molecule has 0 saturated heterocycles. The largest absolute Gasteiger partial charge is 0.493 e. The number of ether oxygens (including phenoxy) is 2. The first-order valence-electron chi connectivity index (χ1n) is 6.70. The van der Waals surface area contributed by atoms with Gasteiger partial charge in [0.15, 0.2) is 11.5 Å². The van der Waals surface area contributed by atoms with Crippen molar-refractivity contribution in [2.45, 2.75) is 26.7 Å². The summed E-state index contributed by atoms with van der Waals surface area (Å²) in [5.74, 6) is 1.28. The third-order valence-corrected chi connectivity index (χ3v) is 2.99. The van der Waals surface area contributed by atoms with Crippen LogP contribution in [-0.2, 0) is 0 Å². The van der Waals surface area contributed by atoms with Gasteiger partial charge in [-0.2, -0.15) is 0 Å². The van der Waals surface area contributed by atoms with E-state index < -0.39 is 0 Å². The average molecular weight is 265 g/mol. The molecule has 0 radical (unpaired) electrons. The van der Waals surface area contributed by atoms with Crippen LogP contribution in [0.2, 0.25) is 0 Å². The highest BCUT2D eigenvalue weighted by atomic mass is 16.5. The van der Waals surface area contributed by atoms with Crippen molar-refractivity contribution in [2.24, 2.45) is 0 Å². The van der Waals surface area contributed by atoms with Crippen LogP contribution in [-0.4, -0.2) is 38.1 Å². The van der Waals surface area contributed by atoms with E-state index in [0.717, 1.165) is 12.8 Å². The van der Waals surface area contributed by atoms with E-state index in [2.05, 4.69) is 6.92 Å². The van der Waals surface area contributed by atoms with Crippen LogP contribution in [0, 0.1) is 0 Å². The Bertz CT molecular complexity index is 418. The molecule has 0 bridgehead atoms. The molecule has 0 atom stereocenters. The number of rotatable bonds is 7. The third-order valence-electron chi connectivity index (χ3n) is 2.99. The van der Waals surface area contributed by atoms with Crippen molar-refractivity contribution in [1.82, 2.24) is 4.90 Å². The van der Waals surface area contributed by atoms with E-state index in [1.807, 2.05) is 6.92 Å². The van der Waals surface area contributed by atoms with Gasteiger partial charge in [0.05, 0.1) is 13.7 Å². The van der Waals surface area contributed by atoms with Crippen LogP contribution >= 0.6 is 0 Å². The summed E-state index contributed by atoms with van der Waals surface area (Å²) in [7, 11) is 3.36. The molecular formula is C15H23NO3. The van der Waals surface area contributed by atoms with E-state index in [0.29, 0.717) is 30.2 Å². The summed E-state index contributed by atoms with van der Waals surface area (Å²) in [5, 5.41) is 0. The van der Waals surface area contributed by atoms with Crippen molar-refractivity contribution < 1.29 is 14.3 Å². The lowest BCUT2D eigenvalue weighted by Crippen LogP contribution is -2.26. The van der Waals surface area contributed by atoms with Crippen molar-refractivity contribution in [3.63, 3.8) is 0 Å². The van der Waals surface area contributed by atoms with Crippen LogP contribution < -0.4 is 9.47 Å². The fourth-order valence-electron chi connectivity index (χ4n) is 1.61. The van der Waals surface area contributed by atoms with Crippen LogP contribution in [0.5, 0.6) is 11.5 Å². The van der Waals surface area contributed by atoms with E-state index in [1.54, 1.807) is 37.3 Å². The number of carbonyl (C=O) groups is 1. The molecule has 0 saturated carbocycles. The van der Waals surface area contributed by atoms with Gasteiger partial charge in [0.25, 0.3) is 5.91 Å². The zero-order valence-electron chi connectivity index (χ0n) is 12.2. The summed E-state index contributed by atoms with van der Waals surface area (Å²) >= 11 is 0. The van der Waals surface area contributed by atoms with E-state index in [4.69, 9.17) is 9.47 Å². The van der Waals surface area contributed by atoms with Crippen LogP contribution in [0.25, 0.3) is 0 Å². The minimum Gasteiger partial charge on any atom is -0.493 e. The van der Waals surface area contributed by atoms with Gasteiger partial charge in [-0.05, 0) is 31.5 Å². The molecular weight excluding hydrogens is 242 g/mol. The second-order valence-electron chi connectivity index (χ2n) is 4.39. The Morgan fingerprint density at radius 2 is 2.00 bits per heavy atom. The molecule has 1 rings (SSSR count). The van der Waals surface area contributed by atoms with Crippen LogP contribution in [0.15, 0.2) is 18.2 Å². The van der Waals surface area contributed by atoms with Gasteiger partial charge in [-0.15, -0.1) is 0 Å². The number of amides is 1. The van der Waals surface area contributed by atoms with E-state index in [1.165, 1.54) is 0 Å². The standard InChI is InChI=1S/C15H23NO3/c1-5-7-10-19-13-9-8-12(11-14(13)18-4)15(17)16(3)6-2/h8-9,11H,5-7,10H2,1-4H3. The average Bonchev–Trinajstić information content (AvgIpc) is 2.46. The Kier molecular flexibility index (Phi) is 6.19. The Labute approximate surface area is 115 Å². The van der Waals surface area contributed by atoms with E-state index in [-0.39, 0.29) is 5.91 Å². The van der Waals surface area contributed by atoms with Gasteiger partial charge in [0, 0.05) is 19.2 Å². The fourth-order valence-corrected chi connectivity index (χ4v) is 1.61. The Morgan fingerprint density at radius 3 is 2.58 bits per heavy atom. The minimum absolute atomic E-state index is 0.0130. The first-order valence-corrected chi connectivity index (χ1v) is 6.70. The third kappa shape index (κ3) is 4.16. The predicted octanol–water partition coefficient (Wildman–Crippen LogP) is 2.97. The number of carbonyl (C=O) groups excluding carboxylic acids is 1. The molecule has 0 aromatic heterocycles. The lowest BCUT2D eigenvalue weighted by Gasteiger charge is -2.16. The van der Waals surface area contributed by atoms with Crippen LogP contribution in [0.3, 0.4) is 0 Å². The number of unbranched alkanes of at least 4 members (excludes halogenated alkanes) is 1. The quantitative estimate of drug-likeness (QED) is 0.711. The topological polar surface area (TPSA) is 38.8 Å². The maximum Gasteiger partial charge on any atom is 0.253 e. The lowest BCUT2D eigenvalue weighted by molar-refractivity contribution is 0.0802. The Hall–Kier alpha value is -1.71. The molecule has 0 N–H and O–H groups in total. The summed E-state index contributed by atoms with van der Waals surface area (Å²) in [5.41, 5.74) is 0.615. The molecule has 4 nitrogen and oxygen atoms in total. The molecule has 1 aromatic carbocycles. The molecule has 0 aliphatic heterocycles. The Morgan fingerprint density at radius 1 is 1.26 bits per heavy atom. The van der Waals surface area contributed by atoms with Gasteiger partial charge in [0.2, 0.25) is 0 Å². The second kappa shape index (κ2) is 7.67. The van der Waals surface area contributed by atoms with Crippen molar-refractivity contribution in [1.29, 1.82) is 0 Å². The molecule has 4 heteroatoms. The maximum absolute atomic E-state index is 12.0. The van der Waals surface area contributed by atoms with Crippen LogP contribution in [0.4, 0.5) is 0 Å². The SMILES string of the molecule is CCCCOc1ccc(C(=O)N(C)CC)cc1OC.